The quantitative estimate of drug-likeness (QED) is 0.714. The maximum Gasteiger partial charge on any atom is 0.225 e. The van der Waals surface area contributed by atoms with Crippen LogP contribution in [0.25, 0.3) is 0 Å². The Bertz CT molecular complexity index is 285. The molecular formula is C8H11N3O. The fourth-order valence-corrected chi connectivity index (χ4v) is 0.751. The topological polar surface area (TPSA) is 54.9 Å². The molecule has 64 valence electrons. The number of hydrogen-bond donors (Lipinski definition) is 1. The van der Waals surface area contributed by atoms with Crippen LogP contribution in [0.5, 0.6) is 0 Å². The summed E-state index contributed by atoms with van der Waals surface area (Å²) in [6.45, 7) is 3.60. The first-order chi connectivity index (χ1) is 5.74. The summed E-state index contributed by atoms with van der Waals surface area (Å²) in [6.07, 6.45) is 3.60. The van der Waals surface area contributed by atoms with Crippen molar-refractivity contribution >= 4 is 11.7 Å². The Morgan fingerprint density at radius 2 is 2.17 bits per heavy atom. The SMILES string of the molecule is CCC(=O)Nc1nccnc1C. The van der Waals surface area contributed by atoms with Gasteiger partial charge in [-0.05, 0) is 6.92 Å². The first-order valence-electron chi connectivity index (χ1n) is 3.81. The molecule has 12 heavy (non-hydrogen) atoms. The number of aromatic nitrogens is 2. The lowest BCUT2D eigenvalue weighted by Crippen LogP contribution is -2.12. The minimum atomic E-state index is -0.0430. The minimum absolute atomic E-state index is 0.0430. The molecule has 0 unspecified atom stereocenters. The van der Waals surface area contributed by atoms with Crippen LogP contribution in [-0.4, -0.2) is 15.9 Å². The lowest BCUT2D eigenvalue weighted by molar-refractivity contribution is -0.115. The van der Waals surface area contributed by atoms with Crippen molar-refractivity contribution in [2.24, 2.45) is 0 Å². The molecule has 1 aromatic heterocycles. The molecule has 4 nitrogen and oxygen atoms in total. The number of hydrogen-bond acceptors (Lipinski definition) is 3. The van der Waals surface area contributed by atoms with Crippen molar-refractivity contribution in [1.29, 1.82) is 0 Å². The summed E-state index contributed by atoms with van der Waals surface area (Å²) < 4.78 is 0. The molecule has 0 spiro atoms. The molecule has 1 rings (SSSR count). The van der Waals surface area contributed by atoms with E-state index in [1.54, 1.807) is 26.2 Å². The fraction of sp³-hybridized carbons (Fsp3) is 0.375. The smallest absolute Gasteiger partial charge is 0.225 e. The highest BCUT2D eigenvalue weighted by molar-refractivity contribution is 5.89. The van der Waals surface area contributed by atoms with Crippen molar-refractivity contribution in [3.05, 3.63) is 18.1 Å². The molecule has 0 fully saturated rings. The normalized spacial score (nSPS) is 9.50. The number of nitrogens with zero attached hydrogens (tertiary/aromatic N) is 2. The zero-order valence-electron chi connectivity index (χ0n) is 7.16. The molecule has 0 radical (unpaired) electrons. The van der Waals surface area contributed by atoms with Crippen molar-refractivity contribution in [3.8, 4) is 0 Å². The average Bonchev–Trinajstić information content (AvgIpc) is 2.09. The van der Waals surface area contributed by atoms with Gasteiger partial charge in [0.15, 0.2) is 5.82 Å². The summed E-state index contributed by atoms with van der Waals surface area (Å²) in [6, 6.07) is 0. The molecule has 0 saturated heterocycles. The molecule has 0 aliphatic heterocycles. The fourth-order valence-electron chi connectivity index (χ4n) is 0.751. The number of rotatable bonds is 2. The number of carbonyl (C=O) groups is 1. The molecule has 0 saturated carbocycles. The number of amides is 1. The first-order valence-corrected chi connectivity index (χ1v) is 3.81. The van der Waals surface area contributed by atoms with Crippen LogP contribution < -0.4 is 5.32 Å². The van der Waals surface area contributed by atoms with Gasteiger partial charge in [-0.15, -0.1) is 0 Å². The van der Waals surface area contributed by atoms with Gasteiger partial charge in [0, 0.05) is 18.8 Å². The highest BCUT2D eigenvalue weighted by Gasteiger charge is 2.02. The largest absolute Gasteiger partial charge is 0.309 e. The third-order valence-electron chi connectivity index (χ3n) is 1.46. The van der Waals surface area contributed by atoms with Crippen molar-refractivity contribution in [2.45, 2.75) is 20.3 Å². The van der Waals surface area contributed by atoms with Crippen LogP contribution in [0.15, 0.2) is 12.4 Å². The van der Waals surface area contributed by atoms with Gasteiger partial charge in [-0.3, -0.25) is 9.78 Å². The van der Waals surface area contributed by atoms with Gasteiger partial charge >= 0.3 is 0 Å². The molecule has 1 heterocycles. The zero-order chi connectivity index (χ0) is 8.97. The number of carbonyl (C=O) groups excluding carboxylic acids is 1. The van der Waals surface area contributed by atoms with Gasteiger partial charge in [0.05, 0.1) is 5.69 Å². The van der Waals surface area contributed by atoms with E-state index in [1.807, 2.05) is 0 Å². The standard InChI is InChI=1S/C8H11N3O/c1-3-7(12)11-8-6(2)9-4-5-10-8/h4-5H,3H2,1-2H3,(H,10,11,12). The summed E-state index contributed by atoms with van der Waals surface area (Å²) in [5, 5.41) is 2.65. The zero-order valence-corrected chi connectivity index (χ0v) is 7.16. The Morgan fingerprint density at radius 3 is 2.75 bits per heavy atom. The molecule has 0 bridgehead atoms. The Labute approximate surface area is 71.0 Å². The molecule has 1 aromatic rings. The molecule has 1 amide bonds. The van der Waals surface area contributed by atoms with Crippen LogP contribution in [-0.2, 0) is 4.79 Å². The second-order valence-corrected chi connectivity index (χ2v) is 2.39. The van der Waals surface area contributed by atoms with Gasteiger partial charge in [-0.2, -0.15) is 0 Å². The first kappa shape index (κ1) is 8.64. The van der Waals surface area contributed by atoms with Crippen molar-refractivity contribution in [1.82, 2.24) is 9.97 Å². The van der Waals surface area contributed by atoms with Crippen molar-refractivity contribution in [3.63, 3.8) is 0 Å². The third kappa shape index (κ3) is 2.02. The maximum atomic E-state index is 11.0. The van der Waals surface area contributed by atoms with E-state index in [9.17, 15) is 4.79 Å². The molecular weight excluding hydrogens is 154 g/mol. The molecule has 1 N–H and O–H groups in total. The minimum Gasteiger partial charge on any atom is -0.309 e. The van der Waals surface area contributed by atoms with E-state index in [2.05, 4.69) is 15.3 Å². The predicted octanol–water partition coefficient (Wildman–Crippen LogP) is 1.13. The number of anilines is 1. The van der Waals surface area contributed by atoms with Crippen LogP contribution in [0.1, 0.15) is 19.0 Å². The van der Waals surface area contributed by atoms with Crippen LogP contribution in [0, 0.1) is 6.92 Å². The van der Waals surface area contributed by atoms with E-state index >= 15 is 0 Å². The molecule has 0 aliphatic rings. The maximum absolute atomic E-state index is 11.0. The van der Waals surface area contributed by atoms with Crippen LogP contribution in [0.2, 0.25) is 0 Å². The Hall–Kier alpha value is -1.45. The average molecular weight is 165 g/mol. The Balaban J connectivity index is 2.75. The molecule has 4 heteroatoms. The Kier molecular flexibility index (Phi) is 2.74. The van der Waals surface area contributed by atoms with Gasteiger partial charge in [-0.1, -0.05) is 6.92 Å². The highest BCUT2D eigenvalue weighted by atomic mass is 16.1. The molecule has 0 atom stereocenters. The molecule has 0 aromatic carbocycles. The van der Waals surface area contributed by atoms with Gasteiger partial charge in [0.25, 0.3) is 0 Å². The Morgan fingerprint density at radius 1 is 1.50 bits per heavy atom. The van der Waals surface area contributed by atoms with Gasteiger partial charge in [0.2, 0.25) is 5.91 Å². The summed E-state index contributed by atoms with van der Waals surface area (Å²) in [4.78, 5) is 18.9. The van der Waals surface area contributed by atoms with Crippen LogP contribution in [0.3, 0.4) is 0 Å². The second kappa shape index (κ2) is 3.80. The lowest BCUT2D eigenvalue weighted by atomic mass is 10.4. The second-order valence-electron chi connectivity index (χ2n) is 2.39. The van der Waals surface area contributed by atoms with Crippen LogP contribution in [0.4, 0.5) is 5.82 Å². The van der Waals surface area contributed by atoms with E-state index in [0.717, 1.165) is 5.69 Å². The molecule has 0 aliphatic carbocycles. The van der Waals surface area contributed by atoms with Gasteiger partial charge < -0.3 is 5.32 Å². The highest BCUT2D eigenvalue weighted by Crippen LogP contribution is 2.05. The predicted molar refractivity (Wildman–Crippen MR) is 45.7 cm³/mol. The van der Waals surface area contributed by atoms with Gasteiger partial charge in [-0.25, -0.2) is 4.98 Å². The summed E-state index contributed by atoms with van der Waals surface area (Å²) in [5.74, 6) is 0.503. The van der Waals surface area contributed by atoms with Crippen LogP contribution >= 0.6 is 0 Å². The number of aryl methyl sites for hydroxylation is 1. The monoisotopic (exact) mass is 165 g/mol. The van der Waals surface area contributed by atoms with Crippen molar-refractivity contribution < 1.29 is 4.79 Å². The van der Waals surface area contributed by atoms with E-state index in [-0.39, 0.29) is 5.91 Å². The van der Waals surface area contributed by atoms with Gasteiger partial charge in [0.1, 0.15) is 0 Å². The summed E-state index contributed by atoms with van der Waals surface area (Å²) in [5.41, 5.74) is 0.735. The van der Waals surface area contributed by atoms with E-state index in [1.165, 1.54) is 0 Å². The summed E-state index contributed by atoms with van der Waals surface area (Å²) >= 11 is 0. The van der Waals surface area contributed by atoms with E-state index in [0.29, 0.717) is 12.2 Å². The van der Waals surface area contributed by atoms with E-state index in [4.69, 9.17) is 0 Å². The lowest BCUT2D eigenvalue weighted by Gasteiger charge is -2.03. The summed E-state index contributed by atoms with van der Waals surface area (Å²) in [7, 11) is 0. The van der Waals surface area contributed by atoms with E-state index < -0.39 is 0 Å². The number of nitrogens with one attached hydrogen (secondary N) is 1. The third-order valence-corrected chi connectivity index (χ3v) is 1.46. The van der Waals surface area contributed by atoms with Crippen molar-refractivity contribution in [2.75, 3.05) is 5.32 Å².